The molecule has 5 rings (SSSR count). The van der Waals surface area contributed by atoms with Crippen molar-refractivity contribution in [3.05, 3.63) is 78.1 Å². The number of halogens is 2. The second kappa shape index (κ2) is 9.29. The molecule has 0 bridgehead atoms. The van der Waals surface area contributed by atoms with Crippen molar-refractivity contribution in [2.24, 2.45) is 0 Å². The molecule has 1 aromatic carbocycles. The normalized spacial score (nSPS) is 12.4. The van der Waals surface area contributed by atoms with Gasteiger partial charge in [-0.2, -0.15) is 0 Å². The molecule has 10 heteroatoms. The summed E-state index contributed by atoms with van der Waals surface area (Å²) < 4.78 is 34.2. The van der Waals surface area contributed by atoms with Gasteiger partial charge in [-0.05, 0) is 24.3 Å². The number of imidazole rings is 1. The van der Waals surface area contributed by atoms with E-state index in [2.05, 4.69) is 35.6 Å². The van der Waals surface area contributed by atoms with Crippen LogP contribution in [0.15, 0.2) is 59.3 Å². The largest absolute Gasteiger partial charge is 0.437 e. The summed E-state index contributed by atoms with van der Waals surface area (Å²) >= 11 is 0. The zero-order valence-electron chi connectivity index (χ0n) is 17.6. The van der Waals surface area contributed by atoms with Gasteiger partial charge in [-0.25, -0.2) is 23.7 Å². The predicted octanol–water partition coefficient (Wildman–Crippen LogP) is 4.09. The quantitative estimate of drug-likeness (QED) is 0.291. The molecular weight excluding hydrogens is 428 g/mol. The number of aromatic nitrogens is 5. The van der Waals surface area contributed by atoms with Gasteiger partial charge in [0.15, 0.2) is 23.1 Å². The maximum absolute atomic E-state index is 14.8. The van der Waals surface area contributed by atoms with E-state index in [9.17, 15) is 8.78 Å². The first-order valence-electron chi connectivity index (χ1n) is 10.5. The summed E-state index contributed by atoms with van der Waals surface area (Å²) in [6.45, 7) is 0.705. The predicted molar refractivity (Wildman–Crippen MR) is 120 cm³/mol. The van der Waals surface area contributed by atoms with Crippen molar-refractivity contribution < 1.29 is 13.2 Å². The van der Waals surface area contributed by atoms with Gasteiger partial charge in [-0.3, -0.25) is 4.98 Å². The smallest absolute Gasteiger partial charge is 0.231 e. The Kier molecular flexibility index (Phi) is 5.90. The molecule has 0 radical (unpaired) electrons. The average molecular weight is 449 g/mol. The van der Waals surface area contributed by atoms with Crippen LogP contribution < -0.4 is 10.6 Å². The fourth-order valence-electron chi connectivity index (χ4n) is 3.50. The molecule has 4 aromatic heterocycles. The van der Waals surface area contributed by atoms with Crippen molar-refractivity contribution in [2.75, 3.05) is 18.4 Å². The lowest BCUT2D eigenvalue weighted by atomic mass is 10.3. The maximum Gasteiger partial charge on any atom is 0.231 e. The molecule has 0 saturated heterocycles. The van der Waals surface area contributed by atoms with Gasteiger partial charge in [0.2, 0.25) is 5.89 Å². The number of fused-ring (bicyclic) bond motifs is 2. The topological polar surface area (TPSA) is 105 Å². The Morgan fingerprint density at radius 1 is 1.03 bits per heavy atom. The number of oxazole rings is 1. The number of nitrogens with one attached hydrogen (secondary N) is 3. The number of H-pyrrole nitrogens is 1. The van der Waals surface area contributed by atoms with Gasteiger partial charge >= 0.3 is 0 Å². The Labute approximate surface area is 187 Å². The van der Waals surface area contributed by atoms with Crippen LogP contribution in [0.5, 0.6) is 0 Å². The zero-order valence-corrected chi connectivity index (χ0v) is 17.6. The Hall–Kier alpha value is -3.92. The number of alkyl halides is 1. The molecule has 4 heterocycles. The third-order valence-corrected chi connectivity index (χ3v) is 5.15. The van der Waals surface area contributed by atoms with Gasteiger partial charge in [-0.1, -0.05) is 12.1 Å². The number of nitrogens with zero attached hydrogens (tertiary/aromatic N) is 4. The van der Waals surface area contributed by atoms with Gasteiger partial charge < -0.3 is 20.0 Å². The van der Waals surface area contributed by atoms with Crippen molar-refractivity contribution in [1.82, 2.24) is 30.2 Å². The number of rotatable bonds is 9. The summed E-state index contributed by atoms with van der Waals surface area (Å²) in [5, 5.41) is 6.07. The fraction of sp³-hybridized carbons (Fsp3) is 0.217. The van der Waals surface area contributed by atoms with Crippen LogP contribution in [0.2, 0.25) is 0 Å². The molecule has 1 atom stereocenters. The summed E-state index contributed by atoms with van der Waals surface area (Å²) in [5.74, 6) is 0.751. The van der Waals surface area contributed by atoms with E-state index in [0.717, 1.165) is 16.9 Å². The molecule has 0 saturated carbocycles. The third-order valence-electron chi connectivity index (χ3n) is 5.15. The Morgan fingerprint density at radius 3 is 2.82 bits per heavy atom. The lowest BCUT2D eigenvalue weighted by Gasteiger charge is -2.06. The highest BCUT2D eigenvalue weighted by atomic mass is 19.1. The molecule has 168 valence electrons. The van der Waals surface area contributed by atoms with E-state index in [1.165, 1.54) is 24.5 Å². The second-order valence-corrected chi connectivity index (χ2v) is 7.47. The van der Waals surface area contributed by atoms with Gasteiger partial charge in [-0.15, -0.1) is 0 Å². The van der Waals surface area contributed by atoms with Crippen molar-refractivity contribution in [2.45, 2.75) is 19.1 Å². The first kappa shape index (κ1) is 21.0. The number of pyridine rings is 2. The fourth-order valence-corrected chi connectivity index (χ4v) is 3.50. The van der Waals surface area contributed by atoms with Crippen LogP contribution in [0.3, 0.4) is 0 Å². The van der Waals surface area contributed by atoms with Crippen LogP contribution in [-0.2, 0) is 13.0 Å². The van der Waals surface area contributed by atoms with Crippen LogP contribution in [0.1, 0.15) is 23.6 Å². The highest BCUT2D eigenvalue weighted by Crippen LogP contribution is 2.26. The minimum atomic E-state index is -1.44. The van der Waals surface area contributed by atoms with Crippen LogP contribution in [-0.4, -0.2) is 38.0 Å². The zero-order chi connectivity index (χ0) is 22.6. The molecule has 3 N–H and O–H groups in total. The molecule has 8 nitrogen and oxygen atoms in total. The van der Waals surface area contributed by atoms with E-state index in [1.54, 1.807) is 6.07 Å². The summed E-state index contributed by atoms with van der Waals surface area (Å²) in [5.41, 5.74) is 2.91. The summed E-state index contributed by atoms with van der Waals surface area (Å²) in [6, 6.07) is 12.3. The molecule has 0 aliphatic heterocycles. The molecular formula is C23H21F2N7O. The molecule has 0 spiro atoms. The minimum Gasteiger partial charge on any atom is -0.437 e. The van der Waals surface area contributed by atoms with Crippen LogP contribution in [0, 0.1) is 5.82 Å². The lowest BCUT2D eigenvalue weighted by molar-refractivity contribution is 0.273. The van der Waals surface area contributed by atoms with Crippen LogP contribution in [0.25, 0.3) is 22.1 Å². The second-order valence-electron chi connectivity index (χ2n) is 7.47. The Bertz CT molecular complexity index is 1350. The van der Waals surface area contributed by atoms with E-state index >= 15 is 0 Å². The van der Waals surface area contributed by atoms with Crippen molar-refractivity contribution in [3.8, 4) is 0 Å². The number of hydrogen-bond acceptors (Lipinski definition) is 7. The minimum absolute atomic E-state index is 0.0405. The highest BCUT2D eigenvalue weighted by Gasteiger charge is 2.19. The lowest BCUT2D eigenvalue weighted by Crippen LogP contribution is -2.22. The summed E-state index contributed by atoms with van der Waals surface area (Å²) in [6.07, 6.45) is 2.23. The van der Waals surface area contributed by atoms with Crippen molar-refractivity contribution >= 4 is 28.0 Å². The van der Waals surface area contributed by atoms with Gasteiger partial charge in [0.1, 0.15) is 11.6 Å². The van der Waals surface area contributed by atoms with E-state index in [1.807, 2.05) is 24.3 Å². The molecule has 0 aliphatic carbocycles. The molecule has 33 heavy (non-hydrogen) atoms. The molecule has 0 unspecified atom stereocenters. The van der Waals surface area contributed by atoms with E-state index in [-0.39, 0.29) is 24.7 Å². The molecule has 5 aromatic rings. The third kappa shape index (κ3) is 4.65. The van der Waals surface area contributed by atoms with Gasteiger partial charge in [0.25, 0.3) is 0 Å². The number of para-hydroxylation sites is 2. The number of benzene rings is 1. The standard InChI is InChI=1S/C23H21F2N7O/c24-14-4-3-9-27-18(14)13-29-22-21-19(7-11-28-22)33-23(32-21)15(25)12-26-10-8-20-30-16-5-1-2-6-17(16)31-20/h1-7,9,11,15,26H,8,10,12-13H2,(H,28,29)(H,30,31)/t15-/m1/s1. The Balaban J connectivity index is 1.19. The highest BCUT2D eigenvalue weighted by molar-refractivity contribution is 5.84. The summed E-state index contributed by atoms with van der Waals surface area (Å²) in [7, 11) is 0. The van der Waals surface area contributed by atoms with Gasteiger partial charge in [0, 0.05) is 38.0 Å². The SMILES string of the molecule is Fc1cccnc1CNc1nccc2oc([C@H](F)CNCCc3nc4ccccc4[nH]3)nc12. The number of anilines is 1. The maximum atomic E-state index is 14.8. The van der Waals surface area contributed by atoms with Gasteiger partial charge in [0.05, 0.1) is 23.3 Å². The van der Waals surface area contributed by atoms with E-state index in [4.69, 9.17) is 4.42 Å². The average Bonchev–Trinajstić information content (AvgIpc) is 3.45. The van der Waals surface area contributed by atoms with E-state index < -0.39 is 12.0 Å². The molecule has 0 aliphatic rings. The first-order valence-corrected chi connectivity index (χ1v) is 10.5. The Morgan fingerprint density at radius 2 is 1.94 bits per heavy atom. The van der Waals surface area contributed by atoms with Crippen molar-refractivity contribution in [3.63, 3.8) is 0 Å². The van der Waals surface area contributed by atoms with Crippen LogP contribution >= 0.6 is 0 Å². The van der Waals surface area contributed by atoms with Crippen molar-refractivity contribution in [1.29, 1.82) is 0 Å². The monoisotopic (exact) mass is 449 g/mol. The first-order chi connectivity index (χ1) is 16.2. The number of aromatic amines is 1. The molecule has 0 amide bonds. The number of hydrogen-bond donors (Lipinski definition) is 3. The summed E-state index contributed by atoms with van der Waals surface area (Å²) in [4.78, 5) is 20.2. The van der Waals surface area contributed by atoms with E-state index in [0.29, 0.717) is 29.9 Å². The molecule has 0 fully saturated rings. The van der Waals surface area contributed by atoms with Crippen LogP contribution in [0.4, 0.5) is 14.6 Å².